The van der Waals surface area contributed by atoms with Crippen LogP contribution in [0.1, 0.15) is 76.7 Å². The Bertz CT molecular complexity index is 1160. The summed E-state index contributed by atoms with van der Waals surface area (Å²) in [4.78, 5) is 12.6. The fourth-order valence-electron chi connectivity index (χ4n) is 3.90. The van der Waals surface area contributed by atoms with E-state index in [1.54, 1.807) is 0 Å². The summed E-state index contributed by atoms with van der Waals surface area (Å²) in [6.07, 6.45) is 5.04. The van der Waals surface area contributed by atoms with Gasteiger partial charge in [0.15, 0.2) is 5.75 Å². The molecular weight excluding hydrogens is 505 g/mol. The molecule has 196 valence electrons. The summed E-state index contributed by atoms with van der Waals surface area (Å²) in [6, 6.07) is 2.68. The first-order chi connectivity index (χ1) is 16.4. The van der Waals surface area contributed by atoms with Crippen LogP contribution in [0.15, 0.2) is 28.0 Å². The van der Waals surface area contributed by atoms with Crippen molar-refractivity contribution in [2.75, 3.05) is 5.75 Å². The molecule has 0 aliphatic carbocycles. The number of benzene rings is 1. The van der Waals surface area contributed by atoms with Crippen molar-refractivity contribution in [2.45, 2.75) is 82.3 Å². The predicted molar refractivity (Wildman–Crippen MR) is 130 cm³/mol. The number of halogens is 4. The van der Waals surface area contributed by atoms with Gasteiger partial charge in [0.1, 0.15) is 0 Å². The SMILES string of the molecule is CCCCCCCCCCCCS(=O)(=O)c1nn(C)c(=O)c(-c2ccc(Cl)cc2C(F)(F)F)c1O. The van der Waals surface area contributed by atoms with Gasteiger partial charge in [0, 0.05) is 17.6 Å². The molecule has 35 heavy (non-hydrogen) atoms. The third kappa shape index (κ3) is 7.96. The Kier molecular flexibility index (Phi) is 10.6. The number of nitrogens with zero attached hydrogens (tertiary/aromatic N) is 2. The molecule has 0 amide bonds. The van der Waals surface area contributed by atoms with E-state index in [0.29, 0.717) is 23.6 Å². The van der Waals surface area contributed by atoms with E-state index in [1.165, 1.54) is 25.7 Å². The quantitative estimate of drug-likeness (QED) is 0.294. The second kappa shape index (κ2) is 12.8. The molecule has 0 bridgehead atoms. The van der Waals surface area contributed by atoms with Gasteiger partial charge < -0.3 is 5.11 Å². The van der Waals surface area contributed by atoms with Gasteiger partial charge in [-0.2, -0.15) is 18.3 Å². The van der Waals surface area contributed by atoms with Crippen LogP contribution in [0.3, 0.4) is 0 Å². The van der Waals surface area contributed by atoms with Gasteiger partial charge in [0.25, 0.3) is 5.56 Å². The molecule has 0 radical (unpaired) electrons. The molecule has 11 heteroatoms. The van der Waals surface area contributed by atoms with Gasteiger partial charge in [0.05, 0.1) is 16.9 Å². The minimum absolute atomic E-state index is 0.222. The number of aryl methyl sites for hydroxylation is 1. The van der Waals surface area contributed by atoms with E-state index in [4.69, 9.17) is 11.6 Å². The number of aromatic hydroxyl groups is 1. The molecule has 0 aliphatic heterocycles. The van der Waals surface area contributed by atoms with E-state index < -0.39 is 49.0 Å². The van der Waals surface area contributed by atoms with Crippen LogP contribution in [0.25, 0.3) is 11.1 Å². The van der Waals surface area contributed by atoms with Gasteiger partial charge in [-0.05, 0) is 18.6 Å². The number of rotatable bonds is 13. The molecule has 0 spiro atoms. The number of hydrogen-bond donors (Lipinski definition) is 1. The summed E-state index contributed by atoms with van der Waals surface area (Å²) < 4.78 is 67.2. The van der Waals surface area contributed by atoms with E-state index >= 15 is 0 Å². The molecule has 0 saturated heterocycles. The number of aromatic nitrogens is 2. The van der Waals surface area contributed by atoms with Crippen molar-refractivity contribution >= 4 is 21.4 Å². The lowest BCUT2D eigenvalue weighted by atomic mass is 10.00. The monoisotopic (exact) mass is 536 g/mol. The maximum absolute atomic E-state index is 13.6. The maximum Gasteiger partial charge on any atom is 0.417 e. The van der Waals surface area contributed by atoms with E-state index in [-0.39, 0.29) is 10.8 Å². The third-order valence-corrected chi connectivity index (χ3v) is 7.73. The third-order valence-electron chi connectivity index (χ3n) is 5.81. The molecule has 0 saturated carbocycles. The summed E-state index contributed by atoms with van der Waals surface area (Å²) in [5, 5.41) is 13.3. The maximum atomic E-state index is 13.6. The Morgan fingerprint density at radius 1 is 1.00 bits per heavy atom. The van der Waals surface area contributed by atoms with Gasteiger partial charge in [-0.3, -0.25) is 4.79 Å². The van der Waals surface area contributed by atoms with Crippen LogP contribution in [0, 0.1) is 0 Å². The van der Waals surface area contributed by atoms with Crippen LogP contribution >= 0.6 is 11.6 Å². The number of hydrogen-bond acceptors (Lipinski definition) is 5. The molecule has 1 aromatic heterocycles. The topological polar surface area (TPSA) is 89.3 Å². The number of unbranched alkanes of at least 4 members (excludes halogenated alkanes) is 9. The lowest BCUT2D eigenvalue weighted by molar-refractivity contribution is -0.137. The first-order valence-electron chi connectivity index (χ1n) is 11.8. The molecule has 6 nitrogen and oxygen atoms in total. The van der Waals surface area contributed by atoms with Crippen molar-refractivity contribution in [3.8, 4) is 16.9 Å². The largest absolute Gasteiger partial charge is 0.504 e. The van der Waals surface area contributed by atoms with Crippen LogP contribution in [0.4, 0.5) is 13.2 Å². The average Bonchev–Trinajstić information content (AvgIpc) is 2.77. The van der Waals surface area contributed by atoms with Gasteiger partial charge in [-0.25, -0.2) is 13.1 Å². The molecule has 1 aromatic carbocycles. The molecule has 0 atom stereocenters. The van der Waals surface area contributed by atoms with Crippen LogP contribution < -0.4 is 5.56 Å². The second-order valence-corrected chi connectivity index (χ2v) is 11.1. The summed E-state index contributed by atoms with van der Waals surface area (Å²) in [7, 11) is -3.03. The van der Waals surface area contributed by atoms with Crippen LogP contribution in [0.2, 0.25) is 5.02 Å². The highest BCUT2D eigenvalue weighted by molar-refractivity contribution is 7.91. The summed E-state index contributed by atoms with van der Waals surface area (Å²) in [6.45, 7) is 2.16. The van der Waals surface area contributed by atoms with Gasteiger partial charge >= 0.3 is 6.18 Å². The smallest absolute Gasteiger partial charge is 0.417 e. The van der Waals surface area contributed by atoms with Crippen molar-refractivity contribution in [1.29, 1.82) is 0 Å². The van der Waals surface area contributed by atoms with Gasteiger partial charge in [-0.1, -0.05) is 82.4 Å². The zero-order valence-corrected chi connectivity index (χ0v) is 21.6. The Labute approximate surface area is 209 Å². The van der Waals surface area contributed by atoms with E-state index in [1.807, 2.05) is 0 Å². The first kappa shape index (κ1) is 29.2. The molecule has 1 N–H and O–H groups in total. The highest BCUT2D eigenvalue weighted by Crippen LogP contribution is 2.41. The fraction of sp³-hybridized carbons (Fsp3) is 0.583. The fourth-order valence-corrected chi connectivity index (χ4v) is 5.49. The molecule has 0 fully saturated rings. The lowest BCUT2D eigenvalue weighted by Gasteiger charge is -2.16. The van der Waals surface area contributed by atoms with Crippen molar-refractivity contribution in [1.82, 2.24) is 9.78 Å². The van der Waals surface area contributed by atoms with Crippen molar-refractivity contribution in [3.63, 3.8) is 0 Å². The Hall–Kier alpha value is -2.07. The molecular formula is C24H32ClF3N2O4S. The molecule has 1 heterocycles. The summed E-state index contributed by atoms with van der Waals surface area (Å²) >= 11 is 5.70. The van der Waals surface area contributed by atoms with Crippen LogP contribution in [-0.4, -0.2) is 29.1 Å². The highest BCUT2D eigenvalue weighted by atomic mass is 35.5. The average molecular weight is 537 g/mol. The second-order valence-electron chi connectivity index (χ2n) is 8.65. The molecule has 2 aromatic rings. The van der Waals surface area contributed by atoms with E-state index in [2.05, 4.69) is 12.0 Å². The molecule has 2 rings (SSSR count). The normalized spacial score (nSPS) is 12.3. The van der Waals surface area contributed by atoms with Crippen molar-refractivity contribution in [2.24, 2.45) is 7.05 Å². The standard InChI is InChI=1S/C24H32ClF3N2O4S/c1-3-4-5-6-7-8-9-10-11-12-15-35(33,34)22-21(31)20(23(32)30(2)29-22)18-14-13-17(25)16-19(18)24(26,27)28/h13-14,16,31H,3-12,15H2,1-2H3. The summed E-state index contributed by atoms with van der Waals surface area (Å²) in [5.74, 6) is -1.43. The summed E-state index contributed by atoms with van der Waals surface area (Å²) in [5.41, 5.74) is -3.78. The van der Waals surface area contributed by atoms with E-state index in [0.717, 1.165) is 44.9 Å². The lowest BCUT2D eigenvalue weighted by Crippen LogP contribution is -2.26. The van der Waals surface area contributed by atoms with Crippen molar-refractivity contribution < 1.29 is 26.7 Å². The van der Waals surface area contributed by atoms with Crippen LogP contribution in [0.5, 0.6) is 5.75 Å². The van der Waals surface area contributed by atoms with Crippen molar-refractivity contribution in [3.05, 3.63) is 39.1 Å². The van der Waals surface area contributed by atoms with E-state index in [9.17, 15) is 31.5 Å². The van der Waals surface area contributed by atoms with Crippen LogP contribution in [-0.2, 0) is 23.1 Å². The Morgan fingerprint density at radius 2 is 1.54 bits per heavy atom. The minimum atomic E-state index is -4.89. The zero-order valence-electron chi connectivity index (χ0n) is 20.0. The minimum Gasteiger partial charge on any atom is -0.504 e. The first-order valence-corrected chi connectivity index (χ1v) is 13.8. The van der Waals surface area contributed by atoms with Gasteiger partial charge in [0.2, 0.25) is 14.9 Å². The molecule has 0 aliphatic rings. The predicted octanol–water partition coefficient (Wildman–Crippen LogP) is 6.52. The Morgan fingerprint density at radius 3 is 2.09 bits per heavy atom. The molecule has 0 unspecified atom stereocenters. The zero-order chi connectivity index (χ0) is 26.2. The Balaban J connectivity index is 2.20. The van der Waals surface area contributed by atoms with Gasteiger partial charge in [-0.15, -0.1) is 0 Å². The number of sulfone groups is 1. The highest BCUT2D eigenvalue weighted by Gasteiger charge is 2.37. The number of alkyl halides is 3.